The monoisotopic (exact) mass is 339 g/mol. The van der Waals surface area contributed by atoms with E-state index in [1.807, 2.05) is 43.3 Å². The SMILES string of the molecule is Cc1ccccc1C[C@H](NC(=O)c1ccc(C(C)(C)C)cc1)C(=O)O. The number of carbonyl (C=O) groups excluding carboxylic acids is 1. The number of amides is 1. The molecule has 0 aliphatic heterocycles. The van der Waals surface area contributed by atoms with E-state index in [1.54, 1.807) is 12.1 Å². The van der Waals surface area contributed by atoms with E-state index in [2.05, 4.69) is 26.1 Å². The Morgan fingerprint density at radius 2 is 1.64 bits per heavy atom. The van der Waals surface area contributed by atoms with Crippen molar-refractivity contribution in [2.75, 3.05) is 0 Å². The molecule has 0 radical (unpaired) electrons. The van der Waals surface area contributed by atoms with E-state index in [1.165, 1.54) is 0 Å². The van der Waals surface area contributed by atoms with E-state index in [9.17, 15) is 14.7 Å². The van der Waals surface area contributed by atoms with Gasteiger partial charge in [0.05, 0.1) is 0 Å². The zero-order valence-corrected chi connectivity index (χ0v) is 15.2. The molecule has 25 heavy (non-hydrogen) atoms. The van der Waals surface area contributed by atoms with Crippen molar-refractivity contribution in [2.45, 2.75) is 45.6 Å². The average molecular weight is 339 g/mol. The summed E-state index contributed by atoms with van der Waals surface area (Å²) >= 11 is 0. The summed E-state index contributed by atoms with van der Waals surface area (Å²) in [6, 6.07) is 13.9. The lowest BCUT2D eigenvalue weighted by molar-refractivity contribution is -0.139. The Morgan fingerprint density at radius 3 is 2.16 bits per heavy atom. The number of hydrogen-bond donors (Lipinski definition) is 2. The highest BCUT2D eigenvalue weighted by atomic mass is 16.4. The second-order valence-electron chi connectivity index (χ2n) is 7.32. The predicted molar refractivity (Wildman–Crippen MR) is 98.9 cm³/mol. The van der Waals surface area contributed by atoms with E-state index in [0.717, 1.165) is 16.7 Å². The Labute approximate surface area is 148 Å². The van der Waals surface area contributed by atoms with Crippen LogP contribution in [0, 0.1) is 6.92 Å². The van der Waals surface area contributed by atoms with Gasteiger partial charge in [-0.2, -0.15) is 0 Å². The molecule has 1 amide bonds. The summed E-state index contributed by atoms with van der Waals surface area (Å²) < 4.78 is 0. The standard InChI is InChI=1S/C21H25NO3/c1-14-7-5-6-8-16(14)13-18(20(24)25)22-19(23)15-9-11-17(12-10-15)21(2,3)4/h5-12,18H,13H2,1-4H3,(H,22,23)(H,24,25)/t18-/m0/s1. The molecule has 4 nitrogen and oxygen atoms in total. The second kappa shape index (κ2) is 7.51. The minimum atomic E-state index is -1.04. The number of carboxylic acid groups (broad SMARTS) is 1. The molecule has 0 spiro atoms. The lowest BCUT2D eigenvalue weighted by Crippen LogP contribution is -2.42. The van der Waals surface area contributed by atoms with Gasteiger partial charge in [-0.25, -0.2) is 4.79 Å². The molecule has 0 heterocycles. The van der Waals surface area contributed by atoms with Gasteiger partial charge in [0.1, 0.15) is 6.04 Å². The molecule has 0 bridgehead atoms. The molecule has 0 unspecified atom stereocenters. The fraction of sp³-hybridized carbons (Fsp3) is 0.333. The smallest absolute Gasteiger partial charge is 0.326 e. The third-order valence-corrected chi connectivity index (χ3v) is 4.30. The first-order valence-electron chi connectivity index (χ1n) is 8.37. The van der Waals surface area contributed by atoms with Crippen LogP contribution < -0.4 is 5.32 Å². The molecular formula is C21H25NO3. The topological polar surface area (TPSA) is 66.4 Å². The van der Waals surface area contributed by atoms with Gasteiger partial charge in [0.2, 0.25) is 0 Å². The number of rotatable bonds is 5. The lowest BCUT2D eigenvalue weighted by atomic mass is 9.86. The maximum Gasteiger partial charge on any atom is 0.326 e. The van der Waals surface area contributed by atoms with Crippen LogP contribution in [-0.4, -0.2) is 23.0 Å². The summed E-state index contributed by atoms with van der Waals surface area (Å²) in [6.07, 6.45) is 0.258. The summed E-state index contributed by atoms with van der Waals surface area (Å²) in [5.74, 6) is -1.41. The van der Waals surface area contributed by atoms with E-state index >= 15 is 0 Å². The average Bonchev–Trinajstić information content (AvgIpc) is 2.55. The molecule has 0 aliphatic carbocycles. The van der Waals surface area contributed by atoms with Gasteiger partial charge in [0.15, 0.2) is 0 Å². The van der Waals surface area contributed by atoms with Crippen molar-refractivity contribution in [1.29, 1.82) is 0 Å². The van der Waals surface area contributed by atoms with Gasteiger partial charge in [-0.15, -0.1) is 0 Å². The van der Waals surface area contributed by atoms with Crippen molar-refractivity contribution in [3.63, 3.8) is 0 Å². The van der Waals surface area contributed by atoms with Crippen LogP contribution in [-0.2, 0) is 16.6 Å². The molecule has 0 fully saturated rings. The molecular weight excluding hydrogens is 314 g/mol. The maximum absolute atomic E-state index is 12.4. The quantitative estimate of drug-likeness (QED) is 0.872. The van der Waals surface area contributed by atoms with Gasteiger partial charge in [0.25, 0.3) is 5.91 Å². The highest BCUT2D eigenvalue weighted by Gasteiger charge is 2.22. The highest BCUT2D eigenvalue weighted by Crippen LogP contribution is 2.22. The Kier molecular flexibility index (Phi) is 5.62. The van der Waals surface area contributed by atoms with Crippen molar-refractivity contribution in [3.8, 4) is 0 Å². The number of aryl methyl sites for hydroxylation is 1. The van der Waals surface area contributed by atoms with Gasteiger partial charge in [0, 0.05) is 12.0 Å². The van der Waals surface area contributed by atoms with E-state index in [0.29, 0.717) is 5.56 Å². The molecule has 0 saturated heterocycles. The zero-order valence-electron chi connectivity index (χ0n) is 15.2. The van der Waals surface area contributed by atoms with Gasteiger partial charge in [-0.05, 0) is 41.2 Å². The van der Waals surface area contributed by atoms with Gasteiger partial charge < -0.3 is 10.4 Å². The first-order valence-corrected chi connectivity index (χ1v) is 8.37. The van der Waals surface area contributed by atoms with Crippen LogP contribution >= 0.6 is 0 Å². The van der Waals surface area contributed by atoms with Crippen molar-refractivity contribution in [2.24, 2.45) is 0 Å². The minimum absolute atomic E-state index is 0.00341. The number of hydrogen-bond acceptors (Lipinski definition) is 2. The molecule has 132 valence electrons. The number of carbonyl (C=O) groups is 2. The van der Waals surface area contributed by atoms with Gasteiger partial charge >= 0.3 is 5.97 Å². The van der Waals surface area contributed by atoms with E-state index < -0.39 is 12.0 Å². The number of aliphatic carboxylic acids is 1. The zero-order chi connectivity index (χ0) is 18.6. The van der Waals surface area contributed by atoms with Crippen molar-refractivity contribution in [1.82, 2.24) is 5.32 Å². The number of nitrogens with one attached hydrogen (secondary N) is 1. The van der Waals surface area contributed by atoms with Crippen LogP contribution in [0.5, 0.6) is 0 Å². The molecule has 2 rings (SSSR count). The molecule has 1 atom stereocenters. The summed E-state index contributed by atoms with van der Waals surface area (Å²) in [6.45, 7) is 8.24. The number of benzene rings is 2. The van der Waals surface area contributed by atoms with Crippen molar-refractivity contribution >= 4 is 11.9 Å². The van der Waals surface area contributed by atoms with Crippen LogP contribution in [0.4, 0.5) is 0 Å². The van der Waals surface area contributed by atoms with Crippen LogP contribution in [0.3, 0.4) is 0 Å². The first-order chi connectivity index (χ1) is 11.7. The number of carboxylic acids is 1. The minimum Gasteiger partial charge on any atom is -0.480 e. The van der Waals surface area contributed by atoms with Crippen molar-refractivity contribution < 1.29 is 14.7 Å². The first kappa shape index (κ1) is 18.7. The van der Waals surface area contributed by atoms with E-state index in [-0.39, 0.29) is 17.7 Å². The molecule has 2 aromatic rings. The van der Waals surface area contributed by atoms with Crippen LogP contribution in [0.15, 0.2) is 48.5 Å². The molecule has 0 aromatic heterocycles. The summed E-state index contributed by atoms with van der Waals surface area (Å²) in [4.78, 5) is 24.0. The molecule has 0 saturated carbocycles. The van der Waals surface area contributed by atoms with Crippen LogP contribution in [0.2, 0.25) is 0 Å². The fourth-order valence-electron chi connectivity index (χ4n) is 2.62. The molecule has 2 N–H and O–H groups in total. The van der Waals surface area contributed by atoms with Crippen molar-refractivity contribution in [3.05, 3.63) is 70.8 Å². The van der Waals surface area contributed by atoms with Gasteiger partial charge in [-0.1, -0.05) is 57.2 Å². The highest BCUT2D eigenvalue weighted by molar-refractivity contribution is 5.96. The Balaban J connectivity index is 2.13. The predicted octanol–water partition coefficient (Wildman–Crippen LogP) is 3.72. The fourth-order valence-corrected chi connectivity index (χ4v) is 2.62. The second-order valence-corrected chi connectivity index (χ2v) is 7.32. The van der Waals surface area contributed by atoms with Crippen LogP contribution in [0.1, 0.15) is 47.8 Å². The largest absolute Gasteiger partial charge is 0.480 e. The Hall–Kier alpha value is -2.62. The summed E-state index contributed by atoms with van der Waals surface area (Å²) in [5.41, 5.74) is 3.52. The lowest BCUT2D eigenvalue weighted by Gasteiger charge is -2.19. The summed E-state index contributed by atoms with van der Waals surface area (Å²) in [7, 11) is 0. The maximum atomic E-state index is 12.4. The normalized spacial score (nSPS) is 12.5. The molecule has 0 aliphatic rings. The van der Waals surface area contributed by atoms with Gasteiger partial charge in [-0.3, -0.25) is 4.79 Å². The molecule has 2 aromatic carbocycles. The third kappa shape index (κ3) is 4.92. The third-order valence-electron chi connectivity index (χ3n) is 4.30. The van der Waals surface area contributed by atoms with E-state index in [4.69, 9.17) is 0 Å². The molecule has 4 heteroatoms. The van der Waals surface area contributed by atoms with Crippen LogP contribution in [0.25, 0.3) is 0 Å². The Bertz CT molecular complexity index is 757. The summed E-state index contributed by atoms with van der Waals surface area (Å²) in [5, 5.41) is 12.1. The Morgan fingerprint density at radius 1 is 1.04 bits per heavy atom.